The number of nitrogens with zero attached hydrogens (tertiary/aromatic N) is 3. The minimum Gasteiger partial charge on any atom is -0.455 e. The van der Waals surface area contributed by atoms with Gasteiger partial charge in [0.1, 0.15) is 10.6 Å². The fraction of sp³-hybridized carbons (Fsp3) is 0.286. The Morgan fingerprint density at radius 2 is 1.94 bits per heavy atom. The second kappa shape index (κ2) is 8.65. The van der Waals surface area contributed by atoms with E-state index in [9.17, 15) is 22.8 Å². The van der Waals surface area contributed by atoms with Crippen LogP contribution in [-0.2, 0) is 19.3 Å². The maximum absolute atomic E-state index is 12.8. The van der Waals surface area contributed by atoms with Gasteiger partial charge in [-0.05, 0) is 24.6 Å². The summed E-state index contributed by atoms with van der Waals surface area (Å²) in [6.45, 7) is 2.59. The van der Waals surface area contributed by atoms with Crippen LogP contribution in [0.5, 0.6) is 0 Å². The highest BCUT2D eigenvalue weighted by Crippen LogP contribution is 2.32. The van der Waals surface area contributed by atoms with Crippen LogP contribution in [0.25, 0.3) is 0 Å². The number of nitrogens with one attached hydrogen (secondary N) is 1. The molecule has 4 rings (SSSR count). The molecule has 2 aromatic heterocycles. The summed E-state index contributed by atoms with van der Waals surface area (Å²) >= 11 is 1.10. The number of carbonyl (C=O) groups excluding carboxylic acids is 2. The quantitative estimate of drug-likeness (QED) is 0.585. The minimum absolute atomic E-state index is 0.0452. The number of anilines is 1. The van der Waals surface area contributed by atoms with Crippen molar-refractivity contribution in [1.29, 1.82) is 0 Å². The molecule has 0 radical (unpaired) electrons. The summed E-state index contributed by atoms with van der Waals surface area (Å²) in [7, 11) is 0. The van der Waals surface area contributed by atoms with Gasteiger partial charge in [-0.2, -0.15) is 13.2 Å². The Balaban J connectivity index is 1.40. The number of thiazole rings is 1. The predicted molar refractivity (Wildman–Crippen MR) is 111 cm³/mol. The molecule has 1 saturated heterocycles. The predicted octanol–water partition coefficient (Wildman–Crippen LogP) is 4.44. The molecule has 1 aromatic carbocycles. The molecule has 0 unspecified atom stereocenters. The fourth-order valence-corrected chi connectivity index (χ4v) is 4.28. The van der Waals surface area contributed by atoms with Crippen molar-refractivity contribution in [2.45, 2.75) is 26.2 Å². The van der Waals surface area contributed by atoms with E-state index in [-0.39, 0.29) is 18.2 Å². The second-order valence-electron chi connectivity index (χ2n) is 7.20. The summed E-state index contributed by atoms with van der Waals surface area (Å²) in [6, 6.07) is 11.1. The van der Waals surface area contributed by atoms with Gasteiger partial charge >= 0.3 is 12.2 Å². The zero-order chi connectivity index (χ0) is 22.9. The standard InChI is InChI=1S/C21H19F3N4O3S/c1-13-17(18(29)25-11-14-5-3-2-4-6-14)32-19(26-13)28-10-9-27(20(28)30)12-15-7-8-16(31-15)21(22,23)24/h2-8H,9-12H2,1H3,(H,25,29). The van der Waals surface area contributed by atoms with E-state index in [1.165, 1.54) is 15.9 Å². The maximum atomic E-state index is 12.8. The van der Waals surface area contributed by atoms with Crippen LogP contribution in [0, 0.1) is 6.92 Å². The van der Waals surface area contributed by atoms with Gasteiger partial charge in [-0.3, -0.25) is 9.69 Å². The Morgan fingerprint density at radius 1 is 1.19 bits per heavy atom. The van der Waals surface area contributed by atoms with Gasteiger partial charge in [-0.1, -0.05) is 41.7 Å². The van der Waals surface area contributed by atoms with E-state index in [0.717, 1.165) is 23.0 Å². The number of rotatable bonds is 6. The van der Waals surface area contributed by atoms with Crippen molar-refractivity contribution in [2.75, 3.05) is 18.0 Å². The van der Waals surface area contributed by atoms with Gasteiger partial charge in [0.2, 0.25) is 5.76 Å². The van der Waals surface area contributed by atoms with Gasteiger partial charge in [0.15, 0.2) is 5.13 Å². The van der Waals surface area contributed by atoms with E-state index >= 15 is 0 Å². The third-order valence-electron chi connectivity index (χ3n) is 4.90. The lowest BCUT2D eigenvalue weighted by Gasteiger charge is -2.15. The highest BCUT2D eigenvalue weighted by molar-refractivity contribution is 7.17. The third-order valence-corrected chi connectivity index (χ3v) is 6.08. The second-order valence-corrected chi connectivity index (χ2v) is 8.18. The smallest absolute Gasteiger partial charge is 0.449 e. The molecular weight excluding hydrogens is 445 g/mol. The van der Waals surface area contributed by atoms with Crippen molar-refractivity contribution in [3.05, 3.63) is 70.1 Å². The van der Waals surface area contributed by atoms with E-state index in [4.69, 9.17) is 4.42 Å². The van der Waals surface area contributed by atoms with Crippen molar-refractivity contribution in [2.24, 2.45) is 0 Å². The molecule has 7 nitrogen and oxygen atoms in total. The lowest BCUT2D eigenvalue weighted by atomic mass is 10.2. The van der Waals surface area contributed by atoms with Crippen LogP contribution < -0.4 is 10.2 Å². The van der Waals surface area contributed by atoms with Crippen molar-refractivity contribution < 1.29 is 27.2 Å². The number of halogens is 3. The van der Waals surface area contributed by atoms with E-state index in [1.807, 2.05) is 30.3 Å². The normalized spacial score (nSPS) is 14.3. The number of hydrogen-bond donors (Lipinski definition) is 1. The number of aromatic nitrogens is 1. The van der Waals surface area contributed by atoms with Crippen LogP contribution in [0.2, 0.25) is 0 Å². The Labute approximate surface area is 185 Å². The summed E-state index contributed by atoms with van der Waals surface area (Å²) in [5, 5.41) is 3.21. The fourth-order valence-electron chi connectivity index (χ4n) is 3.28. The molecule has 11 heteroatoms. The molecule has 1 fully saturated rings. The molecule has 1 aliphatic rings. The van der Waals surface area contributed by atoms with Gasteiger partial charge in [0.05, 0.1) is 12.2 Å². The minimum atomic E-state index is -4.57. The van der Waals surface area contributed by atoms with Crippen LogP contribution >= 0.6 is 11.3 Å². The van der Waals surface area contributed by atoms with Crippen molar-refractivity contribution in [3.8, 4) is 0 Å². The lowest BCUT2D eigenvalue weighted by Crippen LogP contribution is -2.31. The first-order valence-corrected chi connectivity index (χ1v) is 10.6. The van der Waals surface area contributed by atoms with Gasteiger partial charge in [0.25, 0.3) is 5.91 Å². The topological polar surface area (TPSA) is 78.7 Å². The van der Waals surface area contributed by atoms with Crippen LogP contribution in [-0.4, -0.2) is 34.9 Å². The van der Waals surface area contributed by atoms with Crippen LogP contribution in [0.15, 0.2) is 46.9 Å². The first kappa shape index (κ1) is 21.9. The molecule has 3 aromatic rings. The van der Waals surface area contributed by atoms with E-state index in [1.54, 1.807) is 6.92 Å². The molecule has 3 amide bonds. The first-order chi connectivity index (χ1) is 15.2. The van der Waals surface area contributed by atoms with Gasteiger partial charge in [-0.25, -0.2) is 9.78 Å². The highest BCUT2D eigenvalue weighted by Gasteiger charge is 2.36. The molecule has 3 heterocycles. The number of urea groups is 1. The highest BCUT2D eigenvalue weighted by atomic mass is 32.1. The van der Waals surface area contributed by atoms with Crippen LogP contribution in [0.3, 0.4) is 0 Å². The number of aryl methyl sites for hydroxylation is 1. The molecule has 0 spiro atoms. The molecule has 1 N–H and O–H groups in total. The van der Waals surface area contributed by atoms with Crippen molar-refractivity contribution in [1.82, 2.24) is 15.2 Å². The van der Waals surface area contributed by atoms with Crippen molar-refractivity contribution >= 4 is 28.4 Å². The molecule has 0 atom stereocenters. The van der Waals surface area contributed by atoms with Gasteiger partial charge < -0.3 is 14.6 Å². The molecule has 0 bridgehead atoms. The first-order valence-electron chi connectivity index (χ1n) is 9.74. The Kier molecular flexibility index (Phi) is 5.92. The summed E-state index contributed by atoms with van der Waals surface area (Å²) in [5.41, 5.74) is 1.46. The molecular formula is C21H19F3N4O3S. The Bertz CT molecular complexity index is 1130. The third kappa shape index (κ3) is 4.62. The largest absolute Gasteiger partial charge is 0.455 e. The van der Waals surface area contributed by atoms with Gasteiger partial charge in [-0.15, -0.1) is 0 Å². The molecule has 0 aliphatic carbocycles. The Morgan fingerprint density at radius 3 is 2.62 bits per heavy atom. The van der Waals surface area contributed by atoms with E-state index < -0.39 is 18.0 Å². The van der Waals surface area contributed by atoms with Crippen molar-refractivity contribution in [3.63, 3.8) is 0 Å². The average Bonchev–Trinajstić information content (AvgIpc) is 3.47. The zero-order valence-electron chi connectivity index (χ0n) is 17.0. The SMILES string of the molecule is Cc1nc(N2CCN(Cc3ccc(C(F)(F)F)o3)C2=O)sc1C(=O)NCc1ccccc1. The number of hydrogen-bond acceptors (Lipinski definition) is 5. The zero-order valence-corrected chi connectivity index (χ0v) is 17.8. The number of benzene rings is 1. The number of carbonyl (C=O) groups is 2. The molecule has 168 valence electrons. The summed E-state index contributed by atoms with van der Waals surface area (Å²) in [5.74, 6) is -1.34. The van der Waals surface area contributed by atoms with Crippen LogP contribution in [0.4, 0.5) is 23.1 Å². The number of amides is 3. The monoisotopic (exact) mass is 464 g/mol. The van der Waals surface area contributed by atoms with E-state index in [0.29, 0.717) is 35.3 Å². The van der Waals surface area contributed by atoms with Gasteiger partial charge in [0, 0.05) is 19.6 Å². The molecule has 32 heavy (non-hydrogen) atoms. The lowest BCUT2D eigenvalue weighted by molar-refractivity contribution is -0.153. The maximum Gasteiger partial charge on any atom is 0.449 e. The average molecular weight is 464 g/mol. The Hall–Kier alpha value is -3.34. The molecule has 1 aliphatic heterocycles. The van der Waals surface area contributed by atoms with E-state index in [2.05, 4.69) is 10.3 Å². The summed E-state index contributed by atoms with van der Waals surface area (Å²) in [6.07, 6.45) is -4.57. The van der Waals surface area contributed by atoms with Crippen LogP contribution in [0.1, 0.15) is 32.4 Å². The number of furan rings is 1. The number of alkyl halides is 3. The summed E-state index contributed by atoms with van der Waals surface area (Å²) < 4.78 is 42.9. The summed E-state index contributed by atoms with van der Waals surface area (Å²) in [4.78, 5) is 32.9. The molecule has 0 saturated carbocycles.